The van der Waals surface area contributed by atoms with Crippen LogP contribution in [0.1, 0.15) is 94.9 Å². The van der Waals surface area contributed by atoms with Crippen LogP contribution in [0.3, 0.4) is 0 Å². The van der Waals surface area contributed by atoms with Gasteiger partial charge in [0.05, 0.1) is 0 Å². The van der Waals surface area contributed by atoms with Gasteiger partial charge < -0.3 is 5.32 Å². The van der Waals surface area contributed by atoms with E-state index < -0.39 is 0 Å². The summed E-state index contributed by atoms with van der Waals surface area (Å²) in [6.07, 6.45) is 13.1. The first kappa shape index (κ1) is 23.8. The van der Waals surface area contributed by atoms with Crippen molar-refractivity contribution in [2.75, 3.05) is 11.9 Å². The molecule has 0 saturated carbocycles. The lowest BCUT2D eigenvalue weighted by Crippen LogP contribution is -3.00. The van der Waals surface area contributed by atoms with Crippen molar-refractivity contribution in [3.05, 3.63) is 28.3 Å². The molecule has 0 unspecified atom stereocenters. The number of hydrogen-bond acceptors (Lipinski definition) is 1. The number of anilines is 1. The zero-order chi connectivity index (χ0) is 17.1. The van der Waals surface area contributed by atoms with Crippen LogP contribution in [0.25, 0.3) is 0 Å². The fraction of sp³-hybridized carbons (Fsp3) is 0.727. The van der Waals surface area contributed by atoms with Crippen LogP contribution in [0.2, 0.25) is 0 Å². The summed E-state index contributed by atoms with van der Waals surface area (Å²) in [5.74, 6) is 0. The maximum atomic E-state index is 3.74. The Bertz CT molecular complexity index is 454. The third-order valence-corrected chi connectivity index (χ3v) is 5.13. The van der Waals surface area contributed by atoms with Gasteiger partial charge in [-0.2, -0.15) is 0 Å². The van der Waals surface area contributed by atoms with E-state index >= 15 is 0 Å². The molecule has 0 aromatic heterocycles. The number of rotatable bonds is 12. The van der Waals surface area contributed by atoms with Crippen molar-refractivity contribution in [3.8, 4) is 0 Å². The van der Waals surface area contributed by atoms with Crippen LogP contribution in [0.5, 0.6) is 0 Å². The van der Waals surface area contributed by atoms with Gasteiger partial charge in [-0.3, -0.25) is 0 Å². The highest BCUT2D eigenvalue weighted by Gasteiger charge is 2.12. The van der Waals surface area contributed by atoms with E-state index in [-0.39, 0.29) is 24.0 Å². The molecule has 0 atom stereocenters. The molecule has 0 spiro atoms. The minimum atomic E-state index is 0. The number of hydrogen-bond donors (Lipinski definition) is 1. The molecule has 140 valence electrons. The first-order valence-electron chi connectivity index (χ1n) is 10.1. The summed E-state index contributed by atoms with van der Waals surface area (Å²) in [5.41, 5.74) is 7.56. The van der Waals surface area contributed by atoms with Gasteiger partial charge in [0.1, 0.15) is 0 Å². The topological polar surface area (TPSA) is 12.0 Å². The number of aryl methyl sites for hydroxylation is 1. The molecule has 1 nitrogen and oxygen atoms in total. The van der Waals surface area contributed by atoms with Gasteiger partial charge in [-0.05, 0) is 60.9 Å². The Morgan fingerprint density at radius 1 is 0.750 bits per heavy atom. The van der Waals surface area contributed by atoms with E-state index in [0.29, 0.717) is 0 Å². The zero-order valence-corrected chi connectivity index (χ0v) is 19.4. The van der Waals surface area contributed by atoms with Gasteiger partial charge in [0, 0.05) is 12.2 Å². The Balaban J connectivity index is 0.00000529. The number of benzene rings is 1. The predicted molar refractivity (Wildman–Crippen MR) is 109 cm³/mol. The highest BCUT2D eigenvalue weighted by Crippen LogP contribution is 2.28. The fourth-order valence-corrected chi connectivity index (χ4v) is 3.66. The maximum Gasteiger partial charge on any atom is 0.235 e. The molecule has 0 radical (unpaired) electrons. The van der Waals surface area contributed by atoms with Crippen molar-refractivity contribution in [1.29, 1.82) is 0 Å². The summed E-state index contributed by atoms with van der Waals surface area (Å²) in [5, 5.41) is 3.74. The molecule has 0 aliphatic rings. The number of nitrogens with one attached hydrogen (secondary N) is 1. The highest BCUT2D eigenvalue weighted by atomic mass is 127. The van der Waals surface area contributed by atoms with Gasteiger partial charge in [0.25, 0.3) is 0 Å². The lowest BCUT2D eigenvalue weighted by molar-refractivity contribution is -0.00000513. The Hall–Kier alpha value is -0.250. The van der Waals surface area contributed by atoms with E-state index in [1.54, 1.807) is 11.1 Å². The Kier molecular flexibility index (Phi) is 13.8. The number of halogens is 1. The molecule has 0 heterocycles. The highest BCUT2D eigenvalue weighted by molar-refractivity contribution is 5.60. The third kappa shape index (κ3) is 7.33. The van der Waals surface area contributed by atoms with Crippen molar-refractivity contribution in [3.63, 3.8) is 0 Å². The smallest absolute Gasteiger partial charge is 0.235 e. The molecular formula is C22H41IN+. The second-order valence-electron chi connectivity index (χ2n) is 6.77. The summed E-state index contributed by atoms with van der Waals surface area (Å²) < 4.78 is 0. The average molecular weight is 446 g/mol. The quantitative estimate of drug-likeness (QED) is 0.384. The molecule has 0 amide bonds. The molecule has 1 rings (SSSR count). The molecule has 1 aromatic carbocycles. The van der Waals surface area contributed by atoms with Crippen LogP contribution in [-0.4, -0.2) is 6.54 Å². The van der Waals surface area contributed by atoms with Gasteiger partial charge in [0.2, 0.25) is 24.0 Å². The summed E-state index contributed by atoms with van der Waals surface area (Å²) >= 11 is 0. The van der Waals surface area contributed by atoms with Gasteiger partial charge in [-0.1, -0.05) is 66.2 Å². The predicted octanol–water partition coefficient (Wildman–Crippen LogP) is 3.31. The van der Waals surface area contributed by atoms with E-state index in [4.69, 9.17) is 0 Å². The molecule has 1 aromatic rings. The van der Waals surface area contributed by atoms with Gasteiger partial charge in [-0.15, -0.1) is 0 Å². The standard InChI is InChI=1S/C22H39N.H2I/c1-6-10-11-12-13-14-15-16-23-22-17-19(7-2)18(5)20(8-3)21(22)9-4;/h17,23H,6-16H2,1-5H3;1H2/q;+1. The second kappa shape index (κ2) is 14.0. The van der Waals surface area contributed by atoms with Crippen LogP contribution in [0.4, 0.5) is 5.69 Å². The normalized spacial score (nSPS) is 10.5. The van der Waals surface area contributed by atoms with Crippen LogP contribution >= 0.6 is 0 Å². The summed E-state index contributed by atoms with van der Waals surface area (Å²) in [6.45, 7) is 12.6. The van der Waals surface area contributed by atoms with Crippen molar-refractivity contribution in [2.45, 2.75) is 98.8 Å². The van der Waals surface area contributed by atoms with Crippen molar-refractivity contribution in [2.24, 2.45) is 0 Å². The average Bonchev–Trinajstić information content (AvgIpc) is 2.57. The Morgan fingerprint density at radius 3 is 1.88 bits per heavy atom. The molecule has 0 aliphatic carbocycles. The third-order valence-electron chi connectivity index (χ3n) is 5.13. The minimum absolute atomic E-state index is 0. The Morgan fingerprint density at radius 2 is 1.33 bits per heavy atom. The lowest BCUT2D eigenvalue weighted by Gasteiger charge is -2.20. The molecule has 0 fully saturated rings. The Labute approximate surface area is 168 Å². The van der Waals surface area contributed by atoms with Crippen LogP contribution in [0, 0.1) is 6.92 Å². The fourth-order valence-electron chi connectivity index (χ4n) is 3.66. The van der Waals surface area contributed by atoms with Crippen LogP contribution in [0.15, 0.2) is 6.07 Å². The number of unbranched alkanes of at least 4 members (excludes halogenated alkanes) is 6. The van der Waals surface area contributed by atoms with Crippen LogP contribution in [-0.2, 0) is 19.3 Å². The molecule has 2 heteroatoms. The first-order chi connectivity index (χ1) is 11.2. The minimum Gasteiger partial charge on any atom is -0.385 e. The zero-order valence-electron chi connectivity index (χ0n) is 16.8. The van der Waals surface area contributed by atoms with E-state index in [1.807, 2.05) is 0 Å². The van der Waals surface area contributed by atoms with Crippen LogP contribution < -0.4 is 29.3 Å². The van der Waals surface area contributed by atoms with E-state index in [1.165, 1.54) is 61.8 Å². The van der Waals surface area contributed by atoms with E-state index in [0.717, 1.165) is 25.8 Å². The monoisotopic (exact) mass is 446 g/mol. The van der Waals surface area contributed by atoms with Crippen molar-refractivity contribution in [1.82, 2.24) is 0 Å². The second-order valence-corrected chi connectivity index (χ2v) is 6.77. The summed E-state index contributed by atoms with van der Waals surface area (Å²) in [6, 6.07) is 2.41. The van der Waals surface area contributed by atoms with Gasteiger partial charge in [-0.25, -0.2) is 0 Å². The molecule has 1 N–H and O–H groups in total. The van der Waals surface area contributed by atoms with Crippen molar-refractivity contribution >= 4 is 5.69 Å². The molecule has 0 bridgehead atoms. The molecule has 0 saturated heterocycles. The molecule has 24 heavy (non-hydrogen) atoms. The molecule has 0 aliphatic heterocycles. The van der Waals surface area contributed by atoms with E-state index in [2.05, 4.69) is 46.0 Å². The van der Waals surface area contributed by atoms with E-state index in [9.17, 15) is 0 Å². The summed E-state index contributed by atoms with van der Waals surface area (Å²) in [7, 11) is 0. The van der Waals surface area contributed by atoms with Crippen molar-refractivity contribution < 1.29 is 24.0 Å². The summed E-state index contributed by atoms with van der Waals surface area (Å²) in [4.78, 5) is 0. The van der Waals surface area contributed by atoms with Gasteiger partial charge in [0.15, 0.2) is 0 Å². The maximum absolute atomic E-state index is 3.74. The SMILES string of the molecule is CCCCCCCCCNc1cc(CC)c(C)c(CC)c1CC.[IH2+]. The van der Waals surface area contributed by atoms with Gasteiger partial charge >= 0.3 is 0 Å². The largest absolute Gasteiger partial charge is 0.385 e. The molecular weight excluding hydrogens is 405 g/mol. The lowest BCUT2D eigenvalue weighted by atomic mass is 9.91. The first-order valence-corrected chi connectivity index (χ1v) is 10.1.